The Labute approximate surface area is 224 Å². The molecule has 0 spiro atoms. The fraction of sp³-hybridized carbons (Fsp3) is 0.194. The molecule has 0 bridgehead atoms. The minimum absolute atomic E-state index is 0. The molecular weight excluding hydrogens is 622 g/mol. The average molecular weight is 652 g/mol. The van der Waals surface area contributed by atoms with E-state index in [4.69, 9.17) is 0 Å². The molecule has 1 unspecified atom stereocenters. The number of benzene rings is 3. The van der Waals surface area contributed by atoms with Crippen LogP contribution in [-0.2, 0) is 26.4 Å². The van der Waals surface area contributed by atoms with Gasteiger partial charge in [0.05, 0.1) is 0 Å². The van der Waals surface area contributed by atoms with Crippen LogP contribution >= 0.6 is 0 Å². The molecule has 0 nitrogen and oxygen atoms in total. The van der Waals surface area contributed by atoms with Gasteiger partial charge in [-0.2, -0.15) is 0 Å². The third-order valence-corrected chi connectivity index (χ3v) is 18.4. The zero-order valence-corrected chi connectivity index (χ0v) is 25.0. The molecule has 3 aromatic rings. The molecule has 1 atom stereocenters. The molecule has 0 fully saturated rings. The molecule has 0 aromatic heterocycles. The van der Waals surface area contributed by atoms with E-state index in [0.29, 0.717) is 3.67 Å². The van der Waals surface area contributed by atoms with Crippen LogP contribution in [0.5, 0.6) is 0 Å². The fourth-order valence-corrected chi connectivity index (χ4v) is 17.6. The molecule has 3 heteroatoms. The van der Waals surface area contributed by atoms with Crippen molar-refractivity contribution in [2.45, 2.75) is 36.3 Å². The van der Waals surface area contributed by atoms with Crippen LogP contribution < -0.4 is 24.8 Å². The van der Waals surface area contributed by atoms with Crippen LogP contribution in [0.3, 0.4) is 0 Å². The zero-order valence-electron chi connectivity index (χ0n) is 19.9. The van der Waals surface area contributed by atoms with Crippen LogP contribution in [-0.4, -0.2) is 3.26 Å². The van der Waals surface area contributed by atoms with E-state index in [-0.39, 0.29) is 30.2 Å². The summed E-state index contributed by atoms with van der Waals surface area (Å²) in [6.45, 7) is 7.04. The second-order valence-corrected chi connectivity index (χ2v) is 19.1. The van der Waals surface area contributed by atoms with Crippen molar-refractivity contribution in [3.8, 4) is 0 Å². The van der Waals surface area contributed by atoms with Gasteiger partial charge in [-0.05, 0) is 0 Å². The Morgan fingerprint density at radius 2 is 1.50 bits per heavy atom. The van der Waals surface area contributed by atoms with Crippen molar-refractivity contribution in [2.75, 3.05) is 0 Å². The van der Waals surface area contributed by atoms with Crippen molar-refractivity contribution in [2.24, 2.45) is 0 Å². The van der Waals surface area contributed by atoms with E-state index in [2.05, 4.69) is 130 Å². The van der Waals surface area contributed by atoms with Gasteiger partial charge in [-0.3, -0.25) is 0 Å². The second kappa shape index (κ2) is 11.3. The summed E-state index contributed by atoms with van der Waals surface area (Å²) in [4.78, 5) is 0. The van der Waals surface area contributed by atoms with Crippen molar-refractivity contribution in [1.29, 1.82) is 0 Å². The minimum Gasteiger partial charge on any atom is -1.00 e. The van der Waals surface area contributed by atoms with Crippen LogP contribution in [0.2, 0.25) is 0 Å². The third kappa shape index (κ3) is 5.23. The van der Waals surface area contributed by atoms with E-state index in [0.717, 1.165) is 6.42 Å². The number of allylic oxidation sites excluding steroid dienone is 5. The Morgan fingerprint density at radius 1 is 0.824 bits per heavy atom. The molecule has 3 aromatic carbocycles. The van der Waals surface area contributed by atoms with Crippen molar-refractivity contribution < 1.29 is 45.8 Å². The zero-order chi connectivity index (χ0) is 22.1. The largest absolute Gasteiger partial charge is 1.00 e. The summed E-state index contributed by atoms with van der Waals surface area (Å²) in [5.74, 6) is 0. The van der Waals surface area contributed by atoms with Crippen molar-refractivity contribution in [3.63, 3.8) is 0 Å². The maximum Gasteiger partial charge on any atom is -1.00 e. The van der Waals surface area contributed by atoms with Gasteiger partial charge in [0, 0.05) is 0 Å². The maximum absolute atomic E-state index is 2.63. The SMILES string of the molecule is CC(C)(C)c1ccccc1[C](c1ccccc1)=[Hf+2]([C]1=CC=CC1)[CH]1C=Cc2ccccc21.[Cl-].[Cl-]. The van der Waals surface area contributed by atoms with E-state index in [9.17, 15) is 0 Å². The fourth-order valence-electron chi connectivity index (χ4n) is 5.08. The summed E-state index contributed by atoms with van der Waals surface area (Å²) in [6.07, 6.45) is 13.1. The Hall–Kier alpha value is -1.80. The summed E-state index contributed by atoms with van der Waals surface area (Å²) in [5.41, 5.74) is 7.38. The normalized spacial score (nSPS) is 16.3. The third-order valence-electron chi connectivity index (χ3n) is 6.56. The predicted molar refractivity (Wildman–Crippen MR) is 135 cm³/mol. The monoisotopic (exact) mass is 652 g/mol. The number of hydrogen-bond acceptors (Lipinski definition) is 0. The van der Waals surface area contributed by atoms with Gasteiger partial charge in [-0.25, -0.2) is 0 Å². The first kappa shape index (κ1) is 26.8. The average Bonchev–Trinajstić information content (AvgIpc) is 3.48. The molecule has 0 aliphatic heterocycles. The van der Waals surface area contributed by atoms with Crippen LogP contribution in [0, 0.1) is 0 Å². The molecule has 2 aliphatic rings. The summed E-state index contributed by atoms with van der Waals surface area (Å²) in [6, 6.07) is 29.4. The molecular formula is C31H30Cl2Hf. The molecule has 34 heavy (non-hydrogen) atoms. The van der Waals surface area contributed by atoms with Gasteiger partial charge in [0.25, 0.3) is 0 Å². The first-order chi connectivity index (χ1) is 15.5. The van der Waals surface area contributed by atoms with Gasteiger partial charge in [0.15, 0.2) is 0 Å². The van der Waals surface area contributed by atoms with Gasteiger partial charge in [0.2, 0.25) is 0 Å². The van der Waals surface area contributed by atoms with E-state index in [1.54, 1.807) is 6.58 Å². The summed E-state index contributed by atoms with van der Waals surface area (Å²) >= 11 is -2.63. The summed E-state index contributed by atoms with van der Waals surface area (Å²) < 4.78 is 3.91. The molecule has 0 saturated carbocycles. The quantitative estimate of drug-likeness (QED) is 0.378. The first-order valence-electron chi connectivity index (χ1n) is 11.6. The van der Waals surface area contributed by atoms with E-state index >= 15 is 0 Å². The van der Waals surface area contributed by atoms with Crippen molar-refractivity contribution in [1.82, 2.24) is 0 Å². The number of rotatable bonds is 4. The van der Waals surface area contributed by atoms with Crippen LogP contribution in [0.15, 0.2) is 106 Å². The number of halogens is 2. The molecule has 0 saturated heterocycles. The second-order valence-electron chi connectivity index (χ2n) is 9.74. The topological polar surface area (TPSA) is 0 Å². The van der Waals surface area contributed by atoms with Crippen molar-refractivity contribution >= 4 is 9.33 Å². The van der Waals surface area contributed by atoms with Gasteiger partial charge in [0.1, 0.15) is 0 Å². The summed E-state index contributed by atoms with van der Waals surface area (Å²) in [5, 5.41) is 0. The first-order valence-corrected chi connectivity index (χ1v) is 17.2. The Bertz CT molecular complexity index is 1270. The molecule has 0 heterocycles. The van der Waals surface area contributed by atoms with Crippen LogP contribution in [0.4, 0.5) is 0 Å². The van der Waals surface area contributed by atoms with Crippen LogP contribution in [0.1, 0.15) is 58.7 Å². The van der Waals surface area contributed by atoms with E-state index in [1.165, 1.54) is 27.8 Å². The molecule has 0 radical (unpaired) electrons. The van der Waals surface area contributed by atoms with Gasteiger partial charge in [-0.1, -0.05) is 0 Å². The number of hydrogen-bond donors (Lipinski definition) is 0. The van der Waals surface area contributed by atoms with Gasteiger partial charge < -0.3 is 24.8 Å². The minimum atomic E-state index is -2.63. The smallest absolute Gasteiger partial charge is 1.00 e. The maximum atomic E-state index is 2.52. The Balaban J connectivity index is 0.00000162. The van der Waals surface area contributed by atoms with Crippen molar-refractivity contribution in [3.05, 3.63) is 134 Å². The standard InChI is InChI=1S/C17H18.C9H7.C5H5.2ClH.Hf/c1-17(2,3)16-12-8-7-11-15(16)13-14-9-5-4-6-10-14;1-2-5-9-7-3-6-8(9)4-1;1-2-4-5-3-1;;;/h4-12H,1-3H3;1-7H;1-3H,4H2;2*1H;/q;;;;;+2/p-2. The predicted octanol–water partition coefficient (Wildman–Crippen LogP) is 1.79. The molecule has 172 valence electrons. The van der Waals surface area contributed by atoms with E-state index < -0.39 is 21.0 Å². The van der Waals surface area contributed by atoms with Gasteiger partial charge in [-0.15, -0.1) is 0 Å². The molecule has 5 rings (SSSR count). The Kier molecular flexibility index (Phi) is 8.90. The Morgan fingerprint density at radius 3 is 2.21 bits per heavy atom. The molecule has 0 amide bonds. The molecule has 2 aliphatic carbocycles. The van der Waals surface area contributed by atoms with Crippen LogP contribution in [0.25, 0.3) is 6.08 Å². The summed E-state index contributed by atoms with van der Waals surface area (Å²) in [7, 11) is 0. The number of fused-ring (bicyclic) bond motifs is 1. The van der Waals surface area contributed by atoms with E-state index in [1.807, 2.05) is 0 Å². The molecule has 0 N–H and O–H groups in total. The van der Waals surface area contributed by atoms with Gasteiger partial charge >= 0.3 is 201 Å².